The Labute approximate surface area is 117 Å². The molecular formula is C13H18N6O. The molecule has 0 spiro atoms. The van der Waals surface area contributed by atoms with Gasteiger partial charge in [-0.25, -0.2) is 9.97 Å². The molecule has 0 aliphatic rings. The van der Waals surface area contributed by atoms with Crippen LogP contribution >= 0.6 is 0 Å². The smallest absolute Gasteiger partial charge is 0.321 e. The van der Waals surface area contributed by atoms with Gasteiger partial charge in [0.2, 0.25) is 5.95 Å². The van der Waals surface area contributed by atoms with E-state index in [1.54, 1.807) is 12.4 Å². The number of ether oxygens (including phenoxy) is 1. The third kappa shape index (κ3) is 3.84. The van der Waals surface area contributed by atoms with E-state index in [0.717, 1.165) is 24.9 Å². The van der Waals surface area contributed by atoms with E-state index >= 15 is 0 Å². The first-order valence-electron chi connectivity index (χ1n) is 6.71. The van der Waals surface area contributed by atoms with Crippen LogP contribution in [0.25, 0.3) is 11.4 Å². The summed E-state index contributed by atoms with van der Waals surface area (Å²) in [5.41, 5.74) is 0.732. The summed E-state index contributed by atoms with van der Waals surface area (Å²) in [6.07, 6.45) is 6.67. The molecule has 106 valence electrons. The summed E-state index contributed by atoms with van der Waals surface area (Å²) in [6.45, 7) is 5.47. The van der Waals surface area contributed by atoms with Crippen LogP contribution in [0.1, 0.15) is 26.7 Å². The molecule has 2 aromatic heterocycles. The number of hydrogen-bond acceptors (Lipinski definition) is 7. The lowest BCUT2D eigenvalue weighted by Crippen LogP contribution is -2.09. The quantitative estimate of drug-likeness (QED) is 0.825. The van der Waals surface area contributed by atoms with E-state index in [1.807, 2.05) is 6.92 Å². The molecule has 0 aliphatic carbocycles. The SMILES string of the molecule is CCCNc1nc(OCCC)nc(-c2cncnc2)n1. The summed E-state index contributed by atoms with van der Waals surface area (Å²) in [4.78, 5) is 20.8. The molecule has 2 rings (SSSR count). The Bertz CT molecular complexity index is 507. The maximum absolute atomic E-state index is 5.49. The Balaban J connectivity index is 2.29. The molecule has 0 aromatic carbocycles. The molecule has 0 atom stereocenters. The van der Waals surface area contributed by atoms with Gasteiger partial charge in [0.15, 0.2) is 5.82 Å². The van der Waals surface area contributed by atoms with Crippen LogP contribution in [0, 0.1) is 0 Å². The Morgan fingerprint density at radius 2 is 1.85 bits per heavy atom. The molecule has 2 heterocycles. The maximum Gasteiger partial charge on any atom is 0.321 e. The van der Waals surface area contributed by atoms with E-state index < -0.39 is 0 Å². The van der Waals surface area contributed by atoms with Crippen molar-refractivity contribution < 1.29 is 4.74 Å². The second-order valence-corrected chi connectivity index (χ2v) is 4.17. The zero-order valence-electron chi connectivity index (χ0n) is 11.7. The average Bonchev–Trinajstić information content (AvgIpc) is 2.51. The van der Waals surface area contributed by atoms with Gasteiger partial charge in [-0.3, -0.25) is 0 Å². The zero-order valence-corrected chi connectivity index (χ0v) is 11.7. The van der Waals surface area contributed by atoms with Gasteiger partial charge in [0.1, 0.15) is 6.33 Å². The van der Waals surface area contributed by atoms with Gasteiger partial charge in [0.25, 0.3) is 0 Å². The van der Waals surface area contributed by atoms with Gasteiger partial charge in [-0.05, 0) is 12.8 Å². The molecule has 0 unspecified atom stereocenters. The Hall–Kier alpha value is -2.31. The van der Waals surface area contributed by atoms with Crippen LogP contribution in [0.5, 0.6) is 6.01 Å². The number of nitrogens with zero attached hydrogens (tertiary/aromatic N) is 5. The van der Waals surface area contributed by atoms with E-state index in [1.165, 1.54) is 6.33 Å². The highest BCUT2D eigenvalue weighted by molar-refractivity contribution is 5.53. The van der Waals surface area contributed by atoms with Gasteiger partial charge < -0.3 is 10.1 Å². The van der Waals surface area contributed by atoms with Crippen molar-refractivity contribution in [2.75, 3.05) is 18.5 Å². The molecule has 0 fully saturated rings. The highest BCUT2D eigenvalue weighted by atomic mass is 16.5. The largest absolute Gasteiger partial charge is 0.463 e. The van der Waals surface area contributed by atoms with Gasteiger partial charge >= 0.3 is 6.01 Å². The predicted octanol–water partition coefficient (Wildman–Crippen LogP) is 1.94. The Kier molecular flexibility index (Phi) is 5.16. The summed E-state index contributed by atoms with van der Waals surface area (Å²) in [6, 6.07) is 0.319. The summed E-state index contributed by atoms with van der Waals surface area (Å²) in [5, 5.41) is 3.14. The molecule has 0 saturated heterocycles. The van der Waals surface area contributed by atoms with Crippen molar-refractivity contribution in [1.82, 2.24) is 24.9 Å². The van der Waals surface area contributed by atoms with Gasteiger partial charge in [0.05, 0.1) is 12.2 Å². The summed E-state index contributed by atoms with van der Waals surface area (Å²) < 4.78 is 5.49. The van der Waals surface area contributed by atoms with Crippen LogP contribution in [-0.2, 0) is 0 Å². The Morgan fingerprint density at radius 3 is 2.55 bits per heavy atom. The first kappa shape index (κ1) is 14.1. The lowest BCUT2D eigenvalue weighted by Gasteiger charge is -2.08. The average molecular weight is 274 g/mol. The predicted molar refractivity (Wildman–Crippen MR) is 75.4 cm³/mol. The normalized spacial score (nSPS) is 10.3. The third-order valence-electron chi connectivity index (χ3n) is 2.40. The fourth-order valence-electron chi connectivity index (χ4n) is 1.47. The van der Waals surface area contributed by atoms with E-state index in [9.17, 15) is 0 Å². The van der Waals surface area contributed by atoms with Crippen molar-refractivity contribution in [2.24, 2.45) is 0 Å². The highest BCUT2D eigenvalue weighted by Crippen LogP contribution is 2.17. The van der Waals surface area contributed by atoms with Gasteiger partial charge in [-0.1, -0.05) is 13.8 Å². The van der Waals surface area contributed by atoms with Crippen molar-refractivity contribution in [3.05, 3.63) is 18.7 Å². The van der Waals surface area contributed by atoms with Crippen LogP contribution in [0.2, 0.25) is 0 Å². The lowest BCUT2D eigenvalue weighted by molar-refractivity contribution is 0.292. The molecule has 0 amide bonds. The van der Waals surface area contributed by atoms with Crippen LogP contribution in [0.15, 0.2) is 18.7 Å². The van der Waals surface area contributed by atoms with Crippen molar-refractivity contribution in [3.63, 3.8) is 0 Å². The number of nitrogens with one attached hydrogen (secondary N) is 1. The summed E-state index contributed by atoms with van der Waals surface area (Å²) in [7, 11) is 0. The highest BCUT2D eigenvalue weighted by Gasteiger charge is 2.09. The number of hydrogen-bond donors (Lipinski definition) is 1. The molecule has 7 nitrogen and oxygen atoms in total. The van der Waals surface area contributed by atoms with E-state index in [-0.39, 0.29) is 0 Å². The lowest BCUT2D eigenvalue weighted by atomic mass is 10.3. The minimum absolute atomic E-state index is 0.319. The number of aromatic nitrogens is 5. The second-order valence-electron chi connectivity index (χ2n) is 4.17. The van der Waals surface area contributed by atoms with Crippen LogP contribution < -0.4 is 10.1 Å². The third-order valence-corrected chi connectivity index (χ3v) is 2.40. The molecule has 0 radical (unpaired) electrons. The molecule has 7 heteroatoms. The summed E-state index contributed by atoms with van der Waals surface area (Å²) in [5.74, 6) is 1.01. The molecular weight excluding hydrogens is 256 g/mol. The zero-order chi connectivity index (χ0) is 14.2. The van der Waals surface area contributed by atoms with E-state index in [2.05, 4.69) is 37.2 Å². The summed E-state index contributed by atoms with van der Waals surface area (Å²) >= 11 is 0. The van der Waals surface area contributed by atoms with Crippen molar-refractivity contribution in [3.8, 4) is 17.4 Å². The van der Waals surface area contributed by atoms with Gasteiger partial charge in [0, 0.05) is 18.9 Å². The van der Waals surface area contributed by atoms with Crippen LogP contribution in [-0.4, -0.2) is 38.1 Å². The topological polar surface area (TPSA) is 85.7 Å². The monoisotopic (exact) mass is 274 g/mol. The van der Waals surface area contributed by atoms with Crippen molar-refractivity contribution in [1.29, 1.82) is 0 Å². The molecule has 0 aliphatic heterocycles. The Morgan fingerprint density at radius 1 is 1.05 bits per heavy atom. The molecule has 1 N–H and O–H groups in total. The fraction of sp³-hybridized carbons (Fsp3) is 0.462. The maximum atomic E-state index is 5.49. The molecule has 0 saturated carbocycles. The van der Waals surface area contributed by atoms with Gasteiger partial charge in [-0.15, -0.1) is 0 Å². The minimum atomic E-state index is 0.319. The first-order chi connectivity index (χ1) is 9.83. The number of anilines is 1. The molecule has 0 bridgehead atoms. The second kappa shape index (κ2) is 7.32. The van der Waals surface area contributed by atoms with E-state index in [4.69, 9.17) is 4.74 Å². The van der Waals surface area contributed by atoms with Crippen molar-refractivity contribution >= 4 is 5.95 Å². The van der Waals surface area contributed by atoms with Gasteiger partial charge in [-0.2, -0.15) is 15.0 Å². The van der Waals surface area contributed by atoms with Crippen LogP contribution in [0.3, 0.4) is 0 Å². The van der Waals surface area contributed by atoms with Crippen molar-refractivity contribution in [2.45, 2.75) is 26.7 Å². The van der Waals surface area contributed by atoms with E-state index in [0.29, 0.717) is 24.4 Å². The molecule has 2 aromatic rings. The number of rotatable bonds is 7. The van der Waals surface area contributed by atoms with Crippen LogP contribution in [0.4, 0.5) is 5.95 Å². The molecule has 20 heavy (non-hydrogen) atoms. The standard InChI is InChI=1S/C13H18N6O/c1-3-5-16-12-17-11(10-7-14-9-15-8-10)18-13(19-12)20-6-4-2/h7-9H,3-6H2,1-2H3,(H,16,17,18,19). The first-order valence-corrected chi connectivity index (χ1v) is 6.71. The fourth-order valence-corrected chi connectivity index (χ4v) is 1.47. The minimum Gasteiger partial charge on any atom is -0.463 e.